The number of fused-ring (bicyclic) bond motifs is 8. The minimum absolute atomic E-state index is 0.854. The number of aromatic nitrogens is 1. The molecule has 282 valence electrons. The van der Waals surface area contributed by atoms with Gasteiger partial charge in [-0.25, -0.2) is 0 Å². The molecule has 9 aromatic carbocycles. The van der Waals surface area contributed by atoms with Gasteiger partial charge in [0.1, 0.15) is 11.2 Å². The average molecular weight is 769 g/mol. The number of anilines is 3. The molecule has 0 saturated carbocycles. The summed E-state index contributed by atoms with van der Waals surface area (Å²) in [5.74, 6) is 0. The predicted molar refractivity (Wildman–Crippen MR) is 249 cm³/mol. The van der Waals surface area contributed by atoms with Crippen molar-refractivity contribution in [1.29, 1.82) is 0 Å². The number of hydrogen-bond donors (Lipinski definition) is 0. The fraction of sp³-hybridized carbons (Fsp3) is 0. The van der Waals surface area contributed by atoms with Crippen LogP contribution in [0.15, 0.2) is 227 Å². The van der Waals surface area contributed by atoms with E-state index in [0.717, 1.165) is 89.0 Å². The van der Waals surface area contributed by atoms with Gasteiger partial charge < -0.3 is 13.7 Å². The van der Waals surface area contributed by atoms with Crippen LogP contribution in [0.25, 0.3) is 94.0 Å². The summed E-state index contributed by atoms with van der Waals surface area (Å²) in [6, 6.07) is 77.2. The van der Waals surface area contributed by atoms with E-state index in [0.29, 0.717) is 0 Å². The maximum absolute atomic E-state index is 6.63. The van der Waals surface area contributed by atoms with Crippen LogP contribution < -0.4 is 4.90 Å². The summed E-state index contributed by atoms with van der Waals surface area (Å²) in [6.07, 6.45) is 0. The second kappa shape index (κ2) is 13.8. The lowest BCUT2D eigenvalue weighted by Crippen LogP contribution is -2.10. The summed E-state index contributed by atoms with van der Waals surface area (Å²) < 4.78 is 15.5. The van der Waals surface area contributed by atoms with E-state index in [2.05, 4.69) is 210 Å². The van der Waals surface area contributed by atoms with Crippen LogP contribution in [0.1, 0.15) is 0 Å². The van der Waals surface area contributed by atoms with Crippen LogP contribution in [0.5, 0.6) is 0 Å². The standard InChI is InChI=1S/C56H36N2O2/c1-3-12-37(13-4-1)38-22-24-39(25-23-38)40-26-31-44(32-27-40)57(51-20-11-18-47-46-16-8-10-21-52(46)59-55(47)51)45-33-28-41(29-34-45)42-30-35-53-49(36-42)54-48-17-7-9-19-50(48)58(56(54)60-53)43-14-5-2-6-15-43/h1-36H. The first-order valence-corrected chi connectivity index (χ1v) is 20.3. The molecule has 4 heteroatoms. The highest BCUT2D eigenvalue weighted by atomic mass is 16.3. The van der Waals surface area contributed by atoms with Gasteiger partial charge in [0.15, 0.2) is 5.58 Å². The number of para-hydroxylation sites is 4. The maximum atomic E-state index is 6.63. The van der Waals surface area contributed by atoms with Crippen molar-refractivity contribution in [2.24, 2.45) is 0 Å². The quantitative estimate of drug-likeness (QED) is 0.162. The van der Waals surface area contributed by atoms with Gasteiger partial charge in [0.2, 0.25) is 5.71 Å². The molecule has 0 saturated heterocycles. The number of hydrogen-bond acceptors (Lipinski definition) is 3. The molecule has 0 aliphatic heterocycles. The summed E-state index contributed by atoms with van der Waals surface area (Å²) in [6.45, 7) is 0. The molecule has 0 spiro atoms. The molecule has 4 nitrogen and oxygen atoms in total. The van der Waals surface area contributed by atoms with Crippen molar-refractivity contribution in [3.05, 3.63) is 218 Å². The number of benzene rings is 9. The van der Waals surface area contributed by atoms with Crippen molar-refractivity contribution in [3.63, 3.8) is 0 Å². The Bertz CT molecular complexity index is 3500. The van der Waals surface area contributed by atoms with E-state index < -0.39 is 0 Å². The molecule has 3 aromatic heterocycles. The molecule has 0 amide bonds. The number of furan rings is 2. The molecule has 0 fully saturated rings. The fourth-order valence-electron chi connectivity index (χ4n) is 8.93. The Morgan fingerprint density at radius 3 is 1.57 bits per heavy atom. The second-order valence-corrected chi connectivity index (χ2v) is 15.3. The molecule has 12 aromatic rings. The van der Waals surface area contributed by atoms with Crippen LogP contribution in [0.4, 0.5) is 17.1 Å². The average Bonchev–Trinajstić information content (AvgIpc) is 3.99. The summed E-state index contributed by atoms with van der Waals surface area (Å²) >= 11 is 0. The van der Waals surface area contributed by atoms with Crippen molar-refractivity contribution < 1.29 is 8.83 Å². The van der Waals surface area contributed by atoms with Crippen LogP contribution in [0, 0.1) is 0 Å². The van der Waals surface area contributed by atoms with Gasteiger partial charge in [-0.1, -0.05) is 152 Å². The van der Waals surface area contributed by atoms with Gasteiger partial charge in [-0.15, -0.1) is 0 Å². The van der Waals surface area contributed by atoms with Gasteiger partial charge in [-0.2, -0.15) is 0 Å². The normalized spacial score (nSPS) is 11.7. The van der Waals surface area contributed by atoms with Crippen molar-refractivity contribution in [1.82, 2.24) is 4.57 Å². The monoisotopic (exact) mass is 768 g/mol. The zero-order chi connectivity index (χ0) is 39.6. The lowest BCUT2D eigenvalue weighted by atomic mass is 10.00. The lowest BCUT2D eigenvalue weighted by molar-refractivity contribution is 0.645. The molecular weight excluding hydrogens is 733 g/mol. The maximum Gasteiger partial charge on any atom is 0.213 e. The third-order valence-corrected chi connectivity index (χ3v) is 11.8. The van der Waals surface area contributed by atoms with Gasteiger partial charge in [0.05, 0.1) is 16.6 Å². The highest BCUT2D eigenvalue weighted by Gasteiger charge is 2.22. The molecule has 12 rings (SSSR count). The number of nitrogens with zero attached hydrogens (tertiary/aromatic N) is 2. The fourth-order valence-corrected chi connectivity index (χ4v) is 8.93. The topological polar surface area (TPSA) is 34.5 Å². The van der Waals surface area contributed by atoms with Crippen molar-refractivity contribution >= 4 is 72.0 Å². The van der Waals surface area contributed by atoms with Crippen LogP contribution in [-0.2, 0) is 0 Å². The summed E-state index contributed by atoms with van der Waals surface area (Å²) in [5, 5.41) is 5.60. The molecule has 3 heterocycles. The second-order valence-electron chi connectivity index (χ2n) is 15.3. The van der Waals surface area contributed by atoms with Gasteiger partial charge in [-0.3, -0.25) is 4.57 Å². The first-order valence-electron chi connectivity index (χ1n) is 20.3. The Hall–Kier alpha value is -8.08. The Morgan fingerprint density at radius 1 is 0.350 bits per heavy atom. The zero-order valence-corrected chi connectivity index (χ0v) is 32.5. The first kappa shape index (κ1) is 34.0. The van der Waals surface area contributed by atoms with Gasteiger partial charge in [0.25, 0.3) is 0 Å². The van der Waals surface area contributed by atoms with E-state index in [1.807, 2.05) is 18.2 Å². The molecule has 0 aliphatic carbocycles. The molecule has 0 radical (unpaired) electrons. The van der Waals surface area contributed by atoms with Crippen LogP contribution >= 0.6 is 0 Å². The van der Waals surface area contributed by atoms with E-state index in [4.69, 9.17) is 8.83 Å². The zero-order valence-electron chi connectivity index (χ0n) is 32.5. The SMILES string of the molecule is c1ccc(-c2ccc(-c3ccc(N(c4ccc(-c5ccc6oc7c(c6c5)c5ccccc5n7-c5ccccc5)cc4)c4cccc5c4oc4ccccc45)cc3)cc2)cc1. The van der Waals surface area contributed by atoms with Crippen LogP contribution in [0.2, 0.25) is 0 Å². The van der Waals surface area contributed by atoms with E-state index in [9.17, 15) is 0 Å². The highest BCUT2D eigenvalue weighted by molar-refractivity contribution is 6.20. The number of rotatable bonds is 7. The highest BCUT2D eigenvalue weighted by Crippen LogP contribution is 2.44. The van der Waals surface area contributed by atoms with Gasteiger partial charge in [0, 0.05) is 38.6 Å². The van der Waals surface area contributed by atoms with E-state index in [1.54, 1.807) is 0 Å². The van der Waals surface area contributed by atoms with E-state index in [-0.39, 0.29) is 0 Å². The Labute approximate surface area is 346 Å². The minimum Gasteiger partial charge on any atom is -0.454 e. The first-order chi connectivity index (χ1) is 29.7. The van der Waals surface area contributed by atoms with Crippen molar-refractivity contribution in [3.8, 4) is 39.1 Å². The third-order valence-electron chi connectivity index (χ3n) is 11.8. The third kappa shape index (κ3) is 5.53. The molecule has 0 N–H and O–H groups in total. The van der Waals surface area contributed by atoms with Gasteiger partial charge in [-0.05, 0) is 100 Å². The molecular formula is C56H36N2O2. The molecule has 0 aliphatic rings. The molecule has 0 unspecified atom stereocenters. The van der Waals surface area contributed by atoms with E-state index >= 15 is 0 Å². The van der Waals surface area contributed by atoms with Crippen molar-refractivity contribution in [2.75, 3.05) is 4.90 Å². The Balaban J connectivity index is 0.949. The van der Waals surface area contributed by atoms with Crippen LogP contribution in [-0.4, -0.2) is 4.57 Å². The minimum atomic E-state index is 0.854. The van der Waals surface area contributed by atoms with Crippen molar-refractivity contribution in [2.45, 2.75) is 0 Å². The summed E-state index contributed by atoms with van der Waals surface area (Å²) in [7, 11) is 0. The van der Waals surface area contributed by atoms with Crippen LogP contribution in [0.3, 0.4) is 0 Å². The summed E-state index contributed by atoms with van der Waals surface area (Å²) in [4.78, 5) is 2.30. The molecule has 0 bridgehead atoms. The smallest absolute Gasteiger partial charge is 0.213 e. The molecule has 0 atom stereocenters. The Kier molecular flexibility index (Phi) is 7.82. The van der Waals surface area contributed by atoms with Gasteiger partial charge >= 0.3 is 0 Å². The Morgan fingerprint density at radius 2 is 0.867 bits per heavy atom. The largest absolute Gasteiger partial charge is 0.454 e. The molecule has 60 heavy (non-hydrogen) atoms. The predicted octanol–water partition coefficient (Wildman–Crippen LogP) is 15.9. The summed E-state index contributed by atoms with van der Waals surface area (Å²) in [5.41, 5.74) is 15.7. The van der Waals surface area contributed by atoms with E-state index in [1.165, 1.54) is 22.1 Å². The lowest BCUT2D eigenvalue weighted by Gasteiger charge is -2.26.